The van der Waals surface area contributed by atoms with Gasteiger partial charge in [-0.3, -0.25) is 0 Å². The molecule has 0 fully saturated rings. The Labute approximate surface area is 85.8 Å². The molecular weight excluding hydrogens is 239 g/mol. The number of halogens is 2. The van der Waals surface area contributed by atoms with Crippen molar-refractivity contribution in [3.8, 4) is 5.75 Å². The Morgan fingerprint density at radius 3 is 2.75 bits per heavy atom. The van der Waals surface area contributed by atoms with Crippen LogP contribution in [0.2, 0.25) is 0 Å². The zero-order valence-electron chi connectivity index (χ0n) is 6.81. The number of alkyl halides is 1. The normalized spacial score (nSPS) is 9.92. The molecule has 0 N–H and O–H groups in total. The molecule has 0 unspecified atom stereocenters. The Bertz CT molecular complexity index is 263. The van der Waals surface area contributed by atoms with Gasteiger partial charge in [0.1, 0.15) is 5.75 Å². The van der Waals surface area contributed by atoms with Crippen molar-refractivity contribution >= 4 is 27.5 Å². The predicted molar refractivity (Wildman–Crippen MR) is 55.1 cm³/mol. The van der Waals surface area contributed by atoms with Crippen LogP contribution in [0.1, 0.15) is 5.56 Å². The smallest absolute Gasteiger partial charge is 0.120 e. The standard InChI is InChI=1S/C9H10BrClO/c1-12-8-3-2-7(4-5-11)9(10)6-8/h2-3,6H,4-5H2,1H3. The summed E-state index contributed by atoms with van der Waals surface area (Å²) >= 11 is 9.08. The summed E-state index contributed by atoms with van der Waals surface area (Å²) in [5.74, 6) is 1.51. The fraction of sp³-hybridized carbons (Fsp3) is 0.333. The molecule has 0 radical (unpaired) electrons. The van der Waals surface area contributed by atoms with Crippen LogP contribution in [-0.2, 0) is 6.42 Å². The van der Waals surface area contributed by atoms with Gasteiger partial charge in [0.25, 0.3) is 0 Å². The van der Waals surface area contributed by atoms with E-state index in [-0.39, 0.29) is 0 Å². The second kappa shape index (κ2) is 4.73. The van der Waals surface area contributed by atoms with Gasteiger partial charge in [-0.25, -0.2) is 0 Å². The minimum atomic E-state index is 0.644. The van der Waals surface area contributed by atoms with Gasteiger partial charge in [0.05, 0.1) is 7.11 Å². The number of ether oxygens (including phenoxy) is 1. The van der Waals surface area contributed by atoms with E-state index in [0.29, 0.717) is 5.88 Å². The molecule has 0 saturated heterocycles. The van der Waals surface area contributed by atoms with Crippen molar-refractivity contribution in [2.24, 2.45) is 0 Å². The first kappa shape index (κ1) is 9.87. The minimum Gasteiger partial charge on any atom is -0.497 e. The molecule has 0 aromatic heterocycles. The third-order valence-electron chi connectivity index (χ3n) is 1.62. The van der Waals surface area contributed by atoms with E-state index in [4.69, 9.17) is 16.3 Å². The molecule has 0 saturated carbocycles. The van der Waals surface area contributed by atoms with Crippen LogP contribution in [0.25, 0.3) is 0 Å². The molecule has 0 aliphatic rings. The number of hydrogen-bond donors (Lipinski definition) is 0. The average molecular weight is 250 g/mol. The van der Waals surface area contributed by atoms with Crippen molar-refractivity contribution in [3.63, 3.8) is 0 Å². The van der Waals surface area contributed by atoms with Gasteiger partial charge in [0.15, 0.2) is 0 Å². The maximum absolute atomic E-state index is 5.63. The average Bonchev–Trinajstić information content (AvgIpc) is 2.09. The van der Waals surface area contributed by atoms with Crippen LogP contribution in [0.5, 0.6) is 5.75 Å². The summed E-state index contributed by atoms with van der Waals surface area (Å²) in [6.07, 6.45) is 0.881. The van der Waals surface area contributed by atoms with Gasteiger partial charge in [0, 0.05) is 10.4 Å². The highest BCUT2D eigenvalue weighted by Crippen LogP contribution is 2.23. The van der Waals surface area contributed by atoms with E-state index in [1.54, 1.807) is 7.11 Å². The maximum Gasteiger partial charge on any atom is 0.120 e. The number of methoxy groups -OCH3 is 1. The third-order valence-corrected chi connectivity index (χ3v) is 2.55. The Morgan fingerprint density at radius 2 is 2.25 bits per heavy atom. The largest absolute Gasteiger partial charge is 0.497 e. The van der Waals surface area contributed by atoms with Crippen molar-refractivity contribution in [3.05, 3.63) is 28.2 Å². The summed E-state index contributed by atoms with van der Waals surface area (Å²) in [5.41, 5.74) is 1.21. The van der Waals surface area contributed by atoms with Crippen LogP contribution in [0.15, 0.2) is 22.7 Å². The zero-order valence-corrected chi connectivity index (χ0v) is 9.15. The molecule has 0 bridgehead atoms. The molecule has 0 aliphatic carbocycles. The topological polar surface area (TPSA) is 9.23 Å². The third kappa shape index (κ3) is 2.39. The molecule has 0 spiro atoms. The first-order chi connectivity index (χ1) is 5.77. The van der Waals surface area contributed by atoms with Crippen molar-refractivity contribution in [1.29, 1.82) is 0 Å². The predicted octanol–water partition coefficient (Wildman–Crippen LogP) is 3.24. The van der Waals surface area contributed by atoms with Crippen LogP contribution in [0.4, 0.5) is 0 Å². The van der Waals surface area contributed by atoms with Gasteiger partial charge in [0.2, 0.25) is 0 Å². The maximum atomic E-state index is 5.63. The molecule has 0 atom stereocenters. The number of benzene rings is 1. The van der Waals surface area contributed by atoms with Crippen LogP contribution in [0.3, 0.4) is 0 Å². The van der Waals surface area contributed by atoms with Gasteiger partial charge in [-0.05, 0) is 24.1 Å². The van der Waals surface area contributed by atoms with Crippen LogP contribution in [0, 0.1) is 0 Å². The first-order valence-corrected chi connectivity index (χ1v) is 4.99. The van der Waals surface area contributed by atoms with Crippen molar-refractivity contribution < 1.29 is 4.74 Å². The van der Waals surface area contributed by atoms with Gasteiger partial charge in [-0.15, -0.1) is 11.6 Å². The van der Waals surface area contributed by atoms with Crippen LogP contribution in [-0.4, -0.2) is 13.0 Å². The van der Waals surface area contributed by atoms with E-state index in [2.05, 4.69) is 15.9 Å². The molecule has 0 amide bonds. The summed E-state index contributed by atoms with van der Waals surface area (Å²) < 4.78 is 6.12. The molecule has 66 valence electrons. The van der Waals surface area contributed by atoms with Gasteiger partial charge < -0.3 is 4.74 Å². The Kier molecular flexibility index (Phi) is 3.89. The fourth-order valence-corrected chi connectivity index (χ4v) is 1.72. The lowest BCUT2D eigenvalue weighted by Crippen LogP contribution is -1.89. The molecule has 0 heterocycles. The summed E-state index contributed by atoms with van der Waals surface area (Å²) in [7, 11) is 1.66. The van der Waals surface area contributed by atoms with E-state index >= 15 is 0 Å². The van der Waals surface area contributed by atoms with Crippen LogP contribution >= 0.6 is 27.5 Å². The summed E-state index contributed by atoms with van der Waals surface area (Å²) in [4.78, 5) is 0. The molecule has 0 aliphatic heterocycles. The molecule has 1 rings (SSSR count). The highest BCUT2D eigenvalue weighted by molar-refractivity contribution is 9.10. The second-order valence-electron chi connectivity index (χ2n) is 2.40. The van der Waals surface area contributed by atoms with E-state index in [0.717, 1.165) is 16.6 Å². The zero-order chi connectivity index (χ0) is 8.97. The number of hydrogen-bond acceptors (Lipinski definition) is 1. The lowest BCUT2D eigenvalue weighted by Gasteiger charge is -2.04. The summed E-state index contributed by atoms with van der Waals surface area (Å²) in [6, 6.07) is 5.90. The minimum absolute atomic E-state index is 0.644. The van der Waals surface area contributed by atoms with E-state index in [1.165, 1.54) is 5.56 Å². The molecule has 3 heteroatoms. The SMILES string of the molecule is COc1ccc(CCCl)c(Br)c1. The van der Waals surface area contributed by atoms with Crippen LogP contribution < -0.4 is 4.74 Å². The molecule has 1 aromatic carbocycles. The molecule has 12 heavy (non-hydrogen) atoms. The lowest BCUT2D eigenvalue weighted by atomic mass is 10.2. The van der Waals surface area contributed by atoms with E-state index in [1.807, 2.05) is 18.2 Å². The Morgan fingerprint density at radius 1 is 1.50 bits per heavy atom. The second-order valence-corrected chi connectivity index (χ2v) is 3.63. The first-order valence-electron chi connectivity index (χ1n) is 3.66. The van der Waals surface area contributed by atoms with Gasteiger partial charge in [-0.1, -0.05) is 22.0 Å². The Hall–Kier alpha value is -0.210. The van der Waals surface area contributed by atoms with E-state index in [9.17, 15) is 0 Å². The lowest BCUT2D eigenvalue weighted by molar-refractivity contribution is 0.414. The number of rotatable bonds is 3. The summed E-state index contributed by atoms with van der Waals surface area (Å²) in [6.45, 7) is 0. The summed E-state index contributed by atoms with van der Waals surface area (Å²) in [5, 5.41) is 0. The van der Waals surface area contributed by atoms with Gasteiger partial charge in [-0.2, -0.15) is 0 Å². The highest BCUT2D eigenvalue weighted by Gasteiger charge is 2.00. The fourth-order valence-electron chi connectivity index (χ4n) is 0.960. The molecular formula is C9H10BrClO. The Balaban J connectivity index is 2.87. The molecule has 1 aromatic rings. The quantitative estimate of drug-likeness (QED) is 0.747. The monoisotopic (exact) mass is 248 g/mol. The van der Waals surface area contributed by atoms with E-state index < -0.39 is 0 Å². The molecule has 1 nitrogen and oxygen atoms in total. The van der Waals surface area contributed by atoms with Crippen molar-refractivity contribution in [1.82, 2.24) is 0 Å². The van der Waals surface area contributed by atoms with Gasteiger partial charge >= 0.3 is 0 Å². The highest BCUT2D eigenvalue weighted by atomic mass is 79.9. The number of aryl methyl sites for hydroxylation is 1. The van der Waals surface area contributed by atoms with Crippen molar-refractivity contribution in [2.75, 3.05) is 13.0 Å². The van der Waals surface area contributed by atoms with Crippen molar-refractivity contribution in [2.45, 2.75) is 6.42 Å².